The number of allylic oxidation sites excluding steroid dienone is 6. The van der Waals surface area contributed by atoms with Gasteiger partial charge < -0.3 is 4.74 Å². The highest BCUT2D eigenvalue weighted by Crippen LogP contribution is 2.17. The number of carbonyl (C=O) groups is 1. The number of ether oxygens (including phenoxy) is 1. The van der Waals surface area contributed by atoms with E-state index in [2.05, 4.69) is 4.74 Å². The van der Waals surface area contributed by atoms with E-state index in [0.29, 0.717) is 5.57 Å². The lowest BCUT2D eigenvalue weighted by molar-refractivity contribution is -0.134. The lowest BCUT2D eigenvalue weighted by atomic mass is 9.95. The van der Waals surface area contributed by atoms with E-state index < -0.39 is 5.97 Å². The summed E-state index contributed by atoms with van der Waals surface area (Å²) < 4.78 is 4.43. The average molecular weight is 190 g/mol. The van der Waals surface area contributed by atoms with Crippen LogP contribution in [-0.4, -0.2) is 19.0 Å². The summed E-state index contributed by atoms with van der Waals surface area (Å²) in [4.78, 5) is 21.3. The predicted molar refractivity (Wildman–Crippen MR) is 52.1 cm³/mol. The van der Waals surface area contributed by atoms with Gasteiger partial charge in [-0.3, -0.25) is 0 Å². The lowest BCUT2D eigenvalue weighted by Crippen LogP contribution is -2.01. The first-order chi connectivity index (χ1) is 6.77. The van der Waals surface area contributed by atoms with Gasteiger partial charge in [-0.05, 0) is 6.08 Å². The fraction of sp³-hybridized carbons (Fsp3) is 0.182. The van der Waals surface area contributed by atoms with Gasteiger partial charge in [0.1, 0.15) is 5.94 Å². The Bertz CT molecular complexity index is 355. The highest BCUT2D eigenvalue weighted by molar-refractivity contribution is 5.82. The van der Waals surface area contributed by atoms with Crippen molar-refractivity contribution < 1.29 is 14.3 Å². The van der Waals surface area contributed by atoms with Crippen LogP contribution in [0.3, 0.4) is 0 Å². The summed E-state index contributed by atoms with van der Waals surface area (Å²) in [6, 6.07) is 0. The second-order valence-electron chi connectivity index (χ2n) is 2.71. The van der Waals surface area contributed by atoms with Crippen molar-refractivity contribution in [1.82, 2.24) is 0 Å². The molecule has 3 nitrogen and oxygen atoms in total. The molecule has 0 radical (unpaired) electrons. The normalized spacial score (nSPS) is 19.8. The predicted octanol–water partition coefficient (Wildman–Crippen LogP) is 1.22. The van der Waals surface area contributed by atoms with Crippen LogP contribution in [0.4, 0.5) is 0 Å². The van der Waals surface area contributed by atoms with Crippen molar-refractivity contribution in [2.75, 3.05) is 7.11 Å². The van der Waals surface area contributed by atoms with Crippen molar-refractivity contribution in [1.29, 1.82) is 0 Å². The van der Waals surface area contributed by atoms with E-state index in [4.69, 9.17) is 0 Å². The number of hydrogen-bond acceptors (Lipinski definition) is 3. The Morgan fingerprint density at radius 2 is 2.36 bits per heavy atom. The minimum absolute atomic E-state index is 0.184. The smallest absolute Gasteiger partial charge is 0.330 e. The Kier molecular flexibility index (Phi) is 3.65. The number of esters is 1. The molecule has 72 valence electrons. The molecule has 1 unspecified atom stereocenters. The van der Waals surface area contributed by atoms with E-state index in [1.807, 2.05) is 12.0 Å². The third-order valence-corrected chi connectivity index (χ3v) is 1.82. The molecule has 0 N–H and O–H groups in total. The van der Waals surface area contributed by atoms with E-state index in [9.17, 15) is 9.59 Å². The molecule has 0 bridgehead atoms. The van der Waals surface area contributed by atoms with Crippen molar-refractivity contribution >= 4 is 11.9 Å². The van der Waals surface area contributed by atoms with Crippen LogP contribution in [0.1, 0.15) is 0 Å². The van der Waals surface area contributed by atoms with Crippen molar-refractivity contribution in [2.45, 2.75) is 0 Å². The Morgan fingerprint density at radius 3 is 3.00 bits per heavy atom. The largest absolute Gasteiger partial charge is 0.466 e. The van der Waals surface area contributed by atoms with Crippen molar-refractivity contribution in [3.05, 3.63) is 42.0 Å². The fourth-order valence-electron chi connectivity index (χ4n) is 1.08. The molecule has 14 heavy (non-hydrogen) atoms. The zero-order valence-corrected chi connectivity index (χ0v) is 7.77. The first-order valence-corrected chi connectivity index (χ1v) is 4.14. The van der Waals surface area contributed by atoms with Crippen LogP contribution < -0.4 is 0 Å². The van der Waals surface area contributed by atoms with Gasteiger partial charge in [-0.25, -0.2) is 9.59 Å². The lowest BCUT2D eigenvalue weighted by Gasteiger charge is -2.07. The molecule has 1 aliphatic rings. The van der Waals surface area contributed by atoms with E-state index in [1.165, 1.54) is 13.2 Å². The second-order valence-corrected chi connectivity index (χ2v) is 2.71. The topological polar surface area (TPSA) is 43.4 Å². The fourth-order valence-corrected chi connectivity index (χ4v) is 1.08. The SMILES string of the molecule is COC(=O)C=CC1C=CC=CC1=C=O. The van der Waals surface area contributed by atoms with Crippen LogP contribution in [-0.2, 0) is 14.3 Å². The summed E-state index contributed by atoms with van der Waals surface area (Å²) in [5.41, 5.74) is 0.507. The molecule has 1 rings (SSSR count). The van der Waals surface area contributed by atoms with Crippen LogP contribution >= 0.6 is 0 Å². The van der Waals surface area contributed by atoms with E-state index in [0.717, 1.165) is 0 Å². The van der Waals surface area contributed by atoms with Gasteiger partial charge in [0.25, 0.3) is 0 Å². The summed E-state index contributed by atoms with van der Waals surface area (Å²) in [5, 5.41) is 0. The molecular formula is C11H10O3. The second kappa shape index (κ2) is 5.00. The molecule has 1 aliphatic carbocycles. The molecule has 0 saturated heterocycles. The number of rotatable bonds is 2. The zero-order chi connectivity index (χ0) is 10.4. The average Bonchev–Trinajstić information content (AvgIpc) is 2.26. The molecule has 0 aromatic carbocycles. The third kappa shape index (κ3) is 2.57. The Hall–Kier alpha value is -1.86. The van der Waals surface area contributed by atoms with Crippen molar-refractivity contribution in [3.63, 3.8) is 0 Å². The summed E-state index contributed by atoms with van der Waals surface area (Å²) in [5.74, 6) is 1.21. The van der Waals surface area contributed by atoms with Gasteiger partial charge >= 0.3 is 5.97 Å². The molecule has 1 atom stereocenters. The first-order valence-electron chi connectivity index (χ1n) is 4.14. The summed E-state index contributed by atoms with van der Waals surface area (Å²) in [6.07, 6.45) is 9.94. The van der Waals surface area contributed by atoms with E-state index in [-0.39, 0.29) is 5.92 Å². The number of hydrogen-bond donors (Lipinski definition) is 0. The molecule has 0 aromatic heterocycles. The molecule has 0 fully saturated rings. The van der Waals surface area contributed by atoms with E-state index >= 15 is 0 Å². The molecule has 0 amide bonds. The van der Waals surface area contributed by atoms with Gasteiger partial charge in [0.05, 0.1) is 7.11 Å². The molecule has 3 heteroatoms. The maximum absolute atomic E-state index is 10.8. The van der Waals surface area contributed by atoms with Gasteiger partial charge in [-0.2, -0.15) is 0 Å². The highest BCUT2D eigenvalue weighted by Gasteiger charge is 2.08. The zero-order valence-electron chi connectivity index (χ0n) is 7.77. The van der Waals surface area contributed by atoms with Gasteiger partial charge in [0.15, 0.2) is 0 Å². The maximum atomic E-state index is 10.8. The van der Waals surface area contributed by atoms with Crippen molar-refractivity contribution in [3.8, 4) is 0 Å². The maximum Gasteiger partial charge on any atom is 0.330 e. The monoisotopic (exact) mass is 190 g/mol. The van der Waals surface area contributed by atoms with Gasteiger partial charge in [-0.15, -0.1) is 0 Å². The Balaban J connectivity index is 2.74. The quantitative estimate of drug-likeness (QED) is 0.373. The summed E-state index contributed by atoms with van der Waals surface area (Å²) in [7, 11) is 1.31. The van der Waals surface area contributed by atoms with Crippen LogP contribution in [0.5, 0.6) is 0 Å². The number of methoxy groups -OCH3 is 1. The molecule has 0 aromatic rings. The molecule has 0 saturated carbocycles. The van der Waals surface area contributed by atoms with Crippen LogP contribution in [0.15, 0.2) is 42.0 Å². The standard InChI is InChI=1S/C11H10O3/c1-14-11(13)7-6-9-4-2-3-5-10(9)8-12/h2-7,9H,1H3. The van der Waals surface area contributed by atoms with Crippen LogP contribution in [0.2, 0.25) is 0 Å². The van der Waals surface area contributed by atoms with Crippen molar-refractivity contribution in [2.24, 2.45) is 5.92 Å². The molecule has 0 spiro atoms. The molecule has 0 aliphatic heterocycles. The van der Waals surface area contributed by atoms with E-state index in [1.54, 1.807) is 24.3 Å². The first kappa shape index (κ1) is 10.2. The highest BCUT2D eigenvalue weighted by atomic mass is 16.5. The van der Waals surface area contributed by atoms with Gasteiger partial charge in [-0.1, -0.05) is 24.3 Å². The minimum Gasteiger partial charge on any atom is -0.466 e. The van der Waals surface area contributed by atoms with Crippen LogP contribution in [0, 0.1) is 5.92 Å². The molecule has 0 heterocycles. The minimum atomic E-state index is -0.432. The summed E-state index contributed by atoms with van der Waals surface area (Å²) >= 11 is 0. The summed E-state index contributed by atoms with van der Waals surface area (Å²) in [6.45, 7) is 0. The van der Waals surface area contributed by atoms with Crippen LogP contribution in [0.25, 0.3) is 0 Å². The van der Waals surface area contributed by atoms with Gasteiger partial charge in [0, 0.05) is 17.6 Å². The third-order valence-electron chi connectivity index (χ3n) is 1.82. The Morgan fingerprint density at radius 1 is 1.57 bits per heavy atom. The number of carbonyl (C=O) groups excluding carboxylic acids is 2. The van der Waals surface area contributed by atoms with Gasteiger partial charge in [0.2, 0.25) is 0 Å². The molecular weight excluding hydrogens is 180 g/mol. The Labute approximate surface area is 82.1 Å².